The minimum atomic E-state index is -0.0763. The molecule has 0 bridgehead atoms. The number of rotatable bonds is 3. The van der Waals surface area contributed by atoms with Crippen LogP contribution in [0.1, 0.15) is 23.2 Å². The SMILES string of the molecule is N#CN1CCCC(NC(=O)c2cccc(-c3ccccc3)c2)C1. The molecular formula is C19H19N3O. The maximum atomic E-state index is 12.5. The number of carbonyl (C=O) groups excluding carboxylic acids is 1. The van der Waals surface area contributed by atoms with Gasteiger partial charge in [-0.2, -0.15) is 5.26 Å². The number of carbonyl (C=O) groups is 1. The highest BCUT2D eigenvalue weighted by atomic mass is 16.1. The van der Waals surface area contributed by atoms with Gasteiger partial charge in [-0.1, -0.05) is 42.5 Å². The van der Waals surface area contributed by atoms with Gasteiger partial charge >= 0.3 is 0 Å². The van der Waals surface area contributed by atoms with Gasteiger partial charge in [0.15, 0.2) is 6.19 Å². The standard InChI is InChI=1S/C19H19N3O/c20-14-22-11-5-10-18(13-22)21-19(23)17-9-4-8-16(12-17)15-6-2-1-3-7-15/h1-4,6-9,12,18H,5,10-11,13H2,(H,21,23). The highest BCUT2D eigenvalue weighted by Gasteiger charge is 2.21. The largest absolute Gasteiger partial charge is 0.347 e. The number of nitrogens with one attached hydrogen (secondary N) is 1. The van der Waals surface area contributed by atoms with Crippen LogP contribution < -0.4 is 5.32 Å². The van der Waals surface area contributed by atoms with E-state index in [9.17, 15) is 4.79 Å². The normalized spacial score (nSPS) is 17.3. The summed E-state index contributed by atoms with van der Waals surface area (Å²) >= 11 is 0. The van der Waals surface area contributed by atoms with Crippen LogP contribution in [0.25, 0.3) is 11.1 Å². The van der Waals surface area contributed by atoms with Crippen LogP contribution in [0.3, 0.4) is 0 Å². The number of hydrogen-bond acceptors (Lipinski definition) is 3. The fraction of sp³-hybridized carbons (Fsp3) is 0.263. The molecular weight excluding hydrogens is 286 g/mol. The molecule has 4 nitrogen and oxygen atoms in total. The predicted molar refractivity (Wildman–Crippen MR) is 89.6 cm³/mol. The van der Waals surface area contributed by atoms with E-state index in [1.54, 1.807) is 4.90 Å². The highest BCUT2D eigenvalue weighted by molar-refractivity contribution is 5.95. The van der Waals surface area contributed by atoms with Crippen LogP contribution >= 0.6 is 0 Å². The summed E-state index contributed by atoms with van der Waals surface area (Å²) in [6, 6.07) is 17.7. The van der Waals surface area contributed by atoms with Crippen LogP contribution in [-0.2, 0) is 0 Å². The average molecular weight is 305 g/mol. The molecule has 0 aliphatic carbocycles. The molecule has 1 atom stereocenters. The Morgan fingerprint density at radius 2 is 1.91 bits per heavy atom. The number of likely N-dealkylation sites (tertiary alicyclic amines) is 1. The van der Waals surface area contributed by atoms with Crippen LogP contribution in [0.15, 0.2) is 54.6 Å². The lowest BCUT2D eigenvalue weighted by Gasteiger charge is -2.29. The van der Waals surface area contributed by atoms with Crippen molar-refractivity contribution >= 4 is 5.91 Å². The smallest absolute Gasteiger partial charge is 0.251 e. The van der Waals surface area contributed by atoms with Gasteiger partial charge in [0.25, 0.3) is 5.91 Å². The summed E-state index contributed by atoms with van der Waals surface area (Å²) in [5.74, 6) is -0.0763. The van der Waals surface area contributed by atoms with Crippen LogP contribution in [0, 0.1) is 11.5 Å². The Balaban J connectivity index is 1.72. The van der Waals surface area contributed by atoms with Crippen molar-refractivity contribution in [1.29, 1.82) is 5.26 Å². The maximum Gasteiger partial charge on any atom is 0.251 e. The molecule has 2 aromatic rings. The second-order valence-electron chi connectivity index (χ2n) is 5.81. The minimum absolute atomic E-state index is 0.0382. The van der Waals surface area contributed by atoms with Crippen molar-refractivity contribution in [3.8, 4) is 17.3 Å². The fourth-order valence-corrected chi connectivity index (χ4v) is 2.93. The monoisotopic (exact) mass is 305 g/mol. The molecule has 0 spiro atoms. The second kappa shape index (κ2) is 6.97. The topological polar surface area (TPSA) is 56.1 Å². The number of nitriles is 1. The molecule has 0 aromatic heterocycles. The second-order valence-corrected chi connectivity index (χ2v) is 5.81. The molecule has 2 aromatic carbocycles. The predicted octanol–water partition coefficient (Wildman–Crippen LogP) is 3.03. The van der Waals surface area contributed by atoms with Gasteiger partial charge in [-0.3, -0.25) is 4.79 Å². The minimum Gasteiger partial charge on any atom is -0.347 e. The first-order valence-corrected chi connectivity index (χ1v) is 7.87. The Labute approximate surface area is 136 Å². The summed E-state index contributed by atoms with van der Waals surface area (Å²) in [6.45, 7) is 1.38. The van der Waals surface area contributed by atoms with Crippen LogP contribution in [0.5, 0.6) is 0 Å². The zero-order valence-electron chi connectivity index (χ0n) is 12.9. The Hall–Kier alpha value is -2.80. The molecule has 0 saturated carbocycles. The van der Waals surface area contributed by atoms with E-state index in [1.165, 1.54) is 0 Å². The average Bonchev–Trinajstić information content (AvgIpc) is 2.63. The van der Waals surface area contributed by atoms with Crippen molar-refractivity contribution in [3.05, 3.63) is 60.2 Å². The fourth-order valence-electron chi connectivity index (χ4n) is 2.93. The maximum absolute atomic E-state index is 12.5. The lowest BCUT2D eigenvalue weighted by molar-refractivity contribution is 0.0918. The van der Waals surface area contributed by atoms with E-state index in [0.717, 1.165) is 30.5 Å². The third-order valence-corrected chi connectivity index (χ3v) is 4.13. The van der Waals surface area contributed by atoms with E-state index in [-0.39, 0.29) is 11.9 Å². The molecule has 1 fully saturated rings. The Morgan fingerprint density at radius 3 is 2.70 bits per heavy atom. The van der Waals surface area contributed by atoms with E-state index in [4.69, 9.17) is 5.26 Å². The molecule has 4 heteroatoms. The van der Waals surface area contributed by atoms with Crippen molar-refractivity contribution in [2.75, 3.05) is 13.1 Å². The molecule has 1 heterocycles. The van der Waals surface area contributed by atoms with E-state index >= 15 is 0 Å². The first kappa shape index (κ1) is 15.1. The van der Waals surface area contributed by atoms with Gasteiger partial charge in [-0.05, 0) is 36.1 Å². The lowest BCUT2D eigenvalue weighted by atomic mass is 10.0. The zero-order valence-corrected chi connectivity index (χ0v) is 12.9. The van der Waals surface area contributed by atoms with E-state index in [0.29, 0.717) is 12.1 Å². The molecule has 23 heavy (non-hydrogen) atoms. The van der Waals surface area contributed by atoms with Gasteiger partial charge in [0, 0.05) is 24.7 Å². The van der Waals surface area contributed by atoms with Crippen LogP contribution in [0.2, 0.25) is 0 Å². The number of amides is 1. The number of hydrogen-bond donors (Lipinski definition) is 1. The van der Waals surface area contributed by atoms with Gasteiger partial charge in [0.1, 0.15) is 0 Å². The molecule has 1 N–H and O–H groups in total. The number of piperidine rings is 1. The summed E-state index contributed by atoms with van der Waals surface area (Å²) in [4.78, 5) is 14.2. The molecule has 1 aliphatic heterocycles. The van der Waals surface area contributed by atoms with Gasteiger partial charge < -0.3 is 10.2 Å². The zero-order chi connectivity index (χ0) is 16.1. The third kappa shape index (κ3) is 3.70. The summed E-state index contributed by atoms with van der Waals surface area (Å²) < 4.78 is 0. The van der Waals surface area contributed by atoms with Gasteiger partial charge in [-0.25, -0.2) is 0 Å². The molecule has 3 rings (SSSR count). The first-order chi connectivity index (χ1) is 11.3. The number of benzene rings is 2. The Kier molecular flexibility index (Phi) is 4.58. The van der Waals surface area contributed by atoms with Crippen molar-refractivity contribution < 1.29 is 4.79 Å². The third-order valence-electron chi connectivity index (χ3n) is 4.13. The van der Waals surface area contributed by atoms with Crippen LogP contribution in [-0.4, -0.2) is 29.9 Å². The summed E-state index contributed by atoms with van der Waals surface area (Å²) in [5.41, 5.74) is 2.77. The number of nitrogens with zero attached hydrogens (tertiary/aromatic N) is 2. The summed E-state index contributed by atoms with van der Waals surface area (Å²) in [6.07, 6.45) is 4.01. The summed E-state index contributed by atoms with van der Waals surface area (Å²) in [7, 11) is 0. The molecule has 1 unspecified atom stereocenters. The van der Waals surface area contributed by atoms with E-state index in [2.05, 4.69) is 11.5 Å². The Bertz CT molecular complexity index is 721. The van der Waals surface area contributed by atoms with Crippen molar-refractivity contribution in [2.45, 2.75) is 18.9 Å². The Morgan fingerprint density at radius 1 is 1.13 bits per heavy atom. The van der Waals surface area contributed by atoms with Crippen molar-refractivity contribution in [3.63, 3.8) is 0 Å². The van der Waals surface area contributed by atoms with Gasteiger partial charge in [0.05, 0.1) is 0 Å². The highest BCUT2D eigenvalue weighted by Crippen LogP contribution is 2.20. The van der Waals surface area contributed by atoms with Crippen molar-refractivity contribution in [2.24, 2.45) is 0 Å². The van der Waals surface area contributed by atoms with E-state index in [1.807, 2.05) is 54.6 Å². The molecule has 1 saturated heterocycles. The quantitative estimate of drug-likeness (QED) is 0.887. The van der Waals surface area contributed by atoms with Gasteiger partial charge in [-0.15, -0.1) is 0 Å². The van der Waals surface area contributed by atoms with Gasteiger partial charge in [0.2, 0.25) is 0 Å². The first-order valence-electron chi connectivity index (χ1n) is 7.87. The molecule has 1 amide bonds. The molecule has 1 aliphatic rings. The molecule has 0 radical (unpaired) electrons. The summed E-state index contributed by atoms with van der Waals surface area (Å²) in [5, 5.41) is 12.0. The van der Waals surface area contributed by atoms with E-state index < -0.39 is 0 Å². The van der Waals surface area contributed by atoms with Crippen molar-refractivity contribution in [1.82, 2.24) is 10.2 Å². The van der Waals surface area contributed by atoms with Crippen LogP contribution in [0.4, 0.5) is 0 Å². The molecule has 116 valence electrons. The lowest BCUT2D eigenvalue weighted by Crippen LogP contribution is -2.46.